The maximum atomic E-state index is 13.5. The van der Waals surface area contributed by atoms with Crippen LogP contribution < -0.4 is 0 Å². The Bertz CT molecular complexity index is 567. The molecule has 2 rings (SSSR count). The van der Waals surface area contributed by atoms with E-state index in [4.69, 9.17) is 4.74 Å². The molecule has 0 fully saturated rings. The van der Waals surface area contributed by atoms with Crippen molar-refractivity contribution in [2.75, 3.05) is 13.8 Å². The average Bonchev–Trinajstić information content (AvgIpc) is 2.59. The molecule has 0 saturated carbocycles. The van der Waals surface area contributed by atoms with Crippen molar-refractivity contribution in [2.45, 2.75) is 25.9 Å². The second-order valence-electron chi connectivity index (χ2n) is 5.40. The molecular weight excluding hydrogens is 287 g/mol. The van der Waals surface area contributed by atoms with E-state index in [1.807, 2.05) is 30.3 Å². The summed E-state index contributed by atoms with van der Waals surface area (Å²) >= 11 is 0. The molecule has 4 nitrogen and oxygen atoms in total. The van der Waals surface area contributed by atoms with Gasteiger partial charge in [0.05, 0.1) is 12.5 Å². The van der Waals surface area contributed by atoms with Crippen molar-refractivity contribution in [3.05, 3.63) is 47.5 Å². The number of esters is 2. The molecule has 118 valence electrons. The molecule has 0 saturated heterocycles. The highest BCUT2D eigenvalue weighted by atomic mass is 19.1. The third-order valence-corrected chi connectivity index (χ3v) is 3.96. The van der Waals surface area contributed by atoms with Gasteiger partial charge in [0.25, 0.3) is 0 Å². The highest BCUT2D eigenvalue weighted by Gasteiger charge is 2.42. The minimum Gasteiger partial charge on any atom is -0.466 e. The summed E-state index contributed by atoms with van der Waals surface area (Å²) in [5.74, 6) is -0.982. The zero-order valence-corrected chi connectivity index (χ0v) is 12.5. The van der Waals surface area contributed by atoms with Gasteiger partial charge in [-0.15, -0.1) is 0 Å². The highest BCUT2D eigenvalue weighted by Crippen LogP contribution is 2.37. The number of ether oxygens (including phenoxy) is 2. The number of allylic oxidation sites excluding steroid dienone is 1. The van der Waals surface area contributed by atoms with Gasteiger partial charge in [0.15, 0.2) is 0 Å². The van der Waals surface area contributed by atoms with Crippen molar-refractivity contribution in [3.8, 4) is 0 Å². The molecule has 0 bridgehead atoms. The fraction of sp³-hybridized carbons (Fsp3) is 0.412. The summed E-state index contributed by atoms with van der Waals surface area (Å²) in [7, 11) is 1.30. The first-order valence-electron chi connectivity index (χ1n) is 7.16. The zero-order chi connectivity index (χ0) is 16.0. The van der Waals surface area contributed by atoms with Crippen LogP contribution in [0.5, 0.6) is 0 Å². The summed E-state index contributed by atoms with van der Waals surface area (Å²) in [5, 5.41) is 0. The van der Waals surface area contributed by atoms with Gasteiger partial charge >= 0.3 is 11.9 Å². The largest absolute Gasteiger partial charge is 0.466 e. The fourth-order valence-electron chi connectivity index (χ4n) is 2.45. The van der Waals surface area contributed by atoms with E-state index in [0.717, 1.165) is 5.56 Å². The van der Waals surface area contributed by atoms with Crippen LogP contribution in [0.1, 0.15) is 24.8 Å². The van der Waals surface area contributed by atoms with Crippen LogP contribution in [-0.4, -0.2) is 25.7 Å². The molecule has 0 aliphatic heterocycles. The van der Waals surface area contributed by atoms with Crippen LogP contribution in [0, 0.1) is 5.41 Å². The van der Waals surface area contributed by atoms with Crippen molar-refractivity contribution >= 4 is 11.9 Å². The van der Waals surface area contributed by atoms with Crippen LogP contribution in [0.15, 0.2) is 42.0 Å². The van der Waals surface area contributed by atoms with Crippen molar-refractivity contribution in [3.63, 3.8) is 0 Å². The number of halogens is 1. The second-order valence-corrected chi connectivity index (χ2v) is 5.40. The lowest BCUT2D eigenvalue weighted by Crippen LogP contribution is -2.37. The number of hydrogen-bond acceptors (Lipinski definition) is 4. The Hall–Kier alpha value is -2.17. The molecule has 5 heteroatoms. The first kappa shape index (κ1) is 16.2. The molecule has 1 aliphatic rings. The molecular formula is C17H19FO4. The van der Waals surface area contributed by atoms with Crippen LogP contribution in [0.3, 0.4) is 0 Å². The molecule has 1 aromatic rings. The molecule has 1 unspecified atom stereocenters. The van der Waals surface area contributed by atoms with E-state index in [9.17, 15) is 14.0 Å². The maximum Gasteiger partial charge on any atom is 0.333 e. The summed E-state index contributed by atoms with van der Waals surface area (Å²) in [6.07, 6.45) is 2.30. The summed E-state index contributed by atoms with van der Waals surface area (Å²) in [6, 6.07) is 9.24. The van der Waals surface area contributed by atoms with Gasteiger partial charge in [0, 0.05) is 5.57 Å². The molecule has 0 spiro atoms. The van der Waals surface area contributed by atoms with Crippen LogP contribution >= 0.6 is 0 Å². The normalized spacial score (nSPS) is 20.9. The summed E-state index contributed by atoms with van der Waals surface area (Å²) < 4.78 is 23.4. The zero-order valence-electron chi connectivity index (χ0n) is 12.5. The van der Waals surface area contributed by atoms with E-state index in [1.165, 1.54) is 7.11 Å². The third kappa shape index (κ3) is 3.53. The molecule has 0 heterocycles. The Balaban J connectivity index is 2.00. The molecule has 0 amide bonds. The first-order chi connectivity index (χ1) is 10.6. The Morgan fingerprint density at radius 3 is 2.55 bits per heavy atom. The van der Waals surface area contributed by atoms with Gasteiger partial charge < -0.3 is 9.47 Å². The van der Waals surface area contributed by atoms with E-state index in [-0.39, 0.29) is 19.4 Å². The molecule has 1 atom stereocenters. The SMILES string of the molecule is COC(=O)C1=CCC(CF)(C(=O)OCc2ccccc2)CC1. The van der Waals surface area contributed by atoms with E-state index in [1.54, 1.807) is 6.08 Å². The summed E-state index contributed by atoms with van der Waals surface area (Å²) in [5.41, 5.74) is 0.153. The number of rotatable bonds is 5. The lowest BCUT2D eigenvalue weighted by molar-refractivity contribution is -0.159. The number of hydrogen-bond donors (Lipinski definition) is 0. The van der Waals surface area contributed by atoms with Gasteiger partial charge in [-0.2, -0.15) is 0 Å². The van der Waals surface area contributed by atoms with E-state index < -0.39 is 24.0 Å². The Labute approximate surface area is 128 Å². The molecule has 1 aromatic carbocycles. The Morgan fingerprint density at radius 2 is 2.00 bits per heavy atom. The van der Waals surface area contributed by atoms with E-state index >= 15 is 0 Å². The minimum atomic E-state index is -1.19. The smallest absolute Gasteiger partial charge is 0.333 e. The van der Waals surface area contributed by atoms with Crippen molar-refractivity contribution < 1.29 is 23.5 Å². The predicted octanol–water partition coefficient (Wildman–Crippen LogP) is 2.97. The molecule has 1 aliphatic carbocycles. The minimum absolute atomic E-state index is 0.120. The van der Waals surface area contributed by atoms with Crippen molar-refractivity contribution in [1.82, 2.24) is 0 Å². The average molecular weight is 306 g/mol. The number of methoxy groups -OCH3 is 1. The van der Waals surface area contributed by atoms with Crippen LogP contribution in [0.25, 0.3) is 0 Å². The van der Waals surface area contributed by atoms with Gasteiger partial charge in [-0.05, 0) is 24.8 Å². The van der Waals surface area contributed by atoms with Gasteiger partial charge in [0.2, 0.25) is 0 Å². The Morgan fingerprint density at radius 1 is 1.27 bits per heavy atom. The van der Waals surface area contributed by atoms with Gasteiger partial charge in [-0.3, -0.25) is 4.79 Å². The topological polar surface area (TPSA) is 52.6 Å². The second kappa shape index (κ2) is 7.20. The number of carbonyl (C=O) groups excluding carboxylic acids is 2. The Kier molecular flexibility index (Phi) is 5.31. The predicted molar refractivity (Wildman–Crippen MR) is 78.6 cm³/mol. The van der Waals surface area contributed by atoms with Crippen molar-refractivity contribution in [2.24, 2.45) is 5.41 Å². The number of benzene rings is 1. The molecule has 0 N–H and O–H groups in total. The molecule has 0 radical (unpaired) electrons. The van der Waals surface area contributed by atoms with Gasteiger partial charge in [0.1, 0.15) is 13.3 Å². The molecule has 22 heavy (non-hydrogen) atoms. The highest BCUT2D eigenvalue weighted by molar-refractivity contribution is 5.89. The fourth-order valence-corrected chi connectivity index (χ4v) is 2.45. The van der Waals surface area contributed by atoms with Gasteiger partial charge in [-0.25, -0.2) is 9.18 Å². The lowest BCUT2D eigenvalue weighted by Gasteiger charge is -2.31. The summed E-state index contributed by atoms with van der Waals surface area (Å²) in [6.45, 7) is -0.680. The molecule has 0 aromatic heterocycles. The summed E-state index contributed by atoms with van der Waals surface area (Å²) in [4.78, 5) is 23.7. The van der Waals surface area contributed by atoms with Crippen molar-refractivity contribution in [1.29, 1.82) is 0 Å². The quantitative estimate of drug-likeness (QED) is 0.785. The monoisotopic (exact) mass is 306 g/mol. The maximum absolute atomic E-state index is 13.5. The standard InChI is InChI=1S/C17H19FO4/c1-21-15(19)14-7-9-17(12-18,10-8-14)16(20)22-11-13-5-3-2-4-6-13/h2-7H,8-12H2,1H3. The van der Waals surface area contributed by atoms with E-state index in [0.29, 0.717) is 12.0 Å². The number of carbonyl (C=O) groups is 2. The van der Waals surface area contributed by atoms with E-state index in [2.05, 4.69) is 4.74 Å². The lowest BCUT2D eigenvalue weighted by atomic mass is 9.76. The van der Waals surface area contributed by atoms with Gasteiger partial charge in [-0.1, -0.05) is 36.4 Å². The number of alkyl halides is 1. The van der Waals surface area contributed by atoms with Crippen LogP contribution in [0.2, 0.25) is 0 Å². The van der Waals surface area contributed by atoms with Crippen LogP contribution in [-0.2, 0) is 25.7 Å². The van der Waals surface area contributed by atoms with Crippen LogP contribution in [0.4, 0.5) is 4.39 Å². The third-order valence-electron chi connectivity index (χ3n) is 3.96. The first-order valence-corrected chi connectivity index (χ1v) is 7.16.